The van der Waals surface area contributed by atoms with Crippen molar-refractivity contribution in [2.24, 2.45) is 5.92 Å². The number of hydrazine groups is 1. The second-order valence-corrected chi connectivity index (χ2v) is 4.73. The third-order valence-corrected chi connectivity index (χ3v) is 3.65. The number of carbonyl (C=O) groups is 1. The molecule has 2 fully saturated rings. The van der Waals surface area contributed by atoms with Crippen LogP contribution in [0.25, 0.3) is 0 Å². The van der Waals surface area contributed by atoms with Crippen molar-refractivity contribution in [3.63, 3.8) is 0 Å². The van der Waals surface area contributed by atoms with E-state index in [0.29, 0.717) is 6.04 Å². The number of hydrogen-bond donors (Lipinski definition) is 2. The molecule has 2 N–H and O–H groups in total. The molecule has 0 saturated carbocycles. The Labute approximate surface area is 101 Å². The lowest BCUT2D eigenvalue weighted by molar-refractivity contribution is -0.127. The van der Waals surface area contributed by atoms with Gasteiger partial charge in [-0.25, -0.2) is 5.01 Å². The summed E-state index contributed by atoms with van der Waals surface area (Å²) in [6, 6.07) is 10.7. The lowest BCUT2D eigenvalue weighted by atomic mass is 9.94. The predicted molar refractivity (Wildman–Crippen MR) is 64.9 cm³/mol. The van der Waals surface area contributed by atoms with Gasteiger partial charge in [-0.05, 0) is 12.0 Å². The van der Waals surface area contributed by atoms with Crippen molar-refractivity contribution in [2.75, 3.05) is 13.1 Å². The van der Waals surface area contributed by atoms with E-state index in [-0.39, 0.29) is 11.8 Å². The highest BCUT2D eigenvalue weighted by Gasteiger charge is 2.40. The van der Waals surface area contributed by atoms with E-state index in [9.17, 15) is 4.79 Å². The first-order chi connectivity index (χ1) is 8.34. The highest BCUT2D eigenvalue weighted by atomic mass is 16.2. The topological polar surface area (TPSA) is 44.4 Å². The molecule has 0 radical (unpaired) electrons. The molecule has 2 heterocycles. The van der Waals surface area contributed by atoms with Crippen LogP contribution >= 0.6 is 0 Å². The Kier molecular flexibility index (Phi) is 2.82. The van der Waals surface area contributed by atoms with Crippen LogP contribution in [0.2, 0.25) is 0 Å². The van der Waals surface area contributed by atoms with Crippen molar-refractivity contribution in [3.8, 4) is 0 Å². The van der Waals surface area contributed by atoms with Crippen LogP contribution in [0.5, 0.6) is 0 Å². The smallest absolute Gasteiger partial charge is 0.226 e. The van der Waals surface area contributed by atoms with Gasteiger partial charge in [0, 0.05) is 25.7 Å². The Balaban J connectivity index is 1.71. The van der Waals surface area contributed by atoms with Crippen molar-refractivity contribution in [3.05, 3.63) is 35.9 Å². The summed E-state index contributed by atoms with van der Waals surface area (Å²) < 4.78 is 0. The van der Waals surface area contributed by atoms with Gasteiger partial charge in [0.2, 0.25) is 5.91 Å². The van der Waals surface area contributed by atoms with Gasteiger partial charge in [-0.3, -0.25) is 10.2 Å². The van der Waals surface area contributed by atoms with Gasteiger partial charge in [0.25, 0.3) is 0 Å². The van der Waals surface area contributed by atoms with E-state index in [1.54, 1.807) is 0 Å². The van der Waals surface area contributed by atoms with Gasteiger partial charge in [-0.15, -0.1) is 0 Å². The molecule has 4 heteroatoms. The van der Waals surface area contributed by atoms with Gasteiger partial charge in [0.05, 0.1) is 5.92 Å². The molecule has 2 aliphatic heterocycles. The number of benzene rings is 1. The van der Waals surface area contributed by atoms with Gasteiger partial charge < -0.3 is 5.32 Å². The van der Waals surface area contributed by atoms with Crippen LogP contribution in [-0.2, 0) is 11.3 Å². The van der Waals surface area contributed by atoms with Crippen LogP contribution in [0.3, 0.4) is 0 Å². The first kappa shape index (κ1) is 10.7. The number of carbonyl (C=O) groups excluding carboxylic acids is 1. The highest BCUT2D eigenvalue weighted by molar-refractivity contribution is 5.80. The van der Waals surface area contributed by atoms with E-state index in [2.05, 4.69) is 40.0 Å². The number of rotatable bonds is 2. The maximum Gasteiger partial charge on any atom is 0.226 e. The summed E-state index contributed by atoms with van der Waals surface area (Å²) in [5.41, 5.74) is 4.63. The molecule has 17 heavy (non-hydrogen) atoms. The Bertz CT molecular complexity index is 406. The summed E-state index contributed by atoms with van der Waals surface area (Å²) in [5, 5.41) is 5.15. The lowest BCUT2D eigenvalue weighted by Crippen LogP contribution is -2.48. The van der Waals surface area contributed by atoms with Gasteiger partial charge in [-0.2, -0.15) is 0 Å². The van der Waals surface area contributed by atoms with Gasteiger partial charge in [0.1, 0.15) is 0 Å². The number of hydrogen-bond acceptors (Lipinski definition) is 3. The summed E-state index contributed by atoms with van der Waals surface area (Å²) in [4.78, 5) is 11.7. The van der Waals surface area contributed by atoms with Crippen molar-refractivity contribution in [1.29, 1.82) is 0 Å². The zero-order chi connectivity index (χ0) is 11.7. The minimum absolute atomic E-state index is 0.118. The normalized spacial score (nSPS) is 28.8. The second kappa shape index (κ2) is 4.47. The summed E-state index contributed by atoms with van der Waals surface area (Å²) in [7, 11) is 0. The Morgan fingerprint density at radius 2 is 2.12 bits per heavy atom. The fourth-order valence-corrected chi connectivity index (χ4v) is 2.74. The molecule has 1 amide bonds. The summed E-state index contributed by atoms with van der Waals surface area (Å²) in [5.74, 6) is 0.316. The summed E-state index contributed by atoms with van der Waals surface area (Å²) >= 11 is 0. The van der Waals surface area contributed by atoms with Crippen LogP contribution in [0.4, 0.5) is 0 Å². The average molecular weight is 231 g/mol. The quantitative estimate of drug-likeness (QED) is 0.779. The third-order valence-electron chi connectivity index (χ3n) is 3.65. The van der Waals surface area contributed by atoms with Crippen molar-refractivity contribution >= 4 is 5.91 Å². The fraction of sp³-hybridized carbons (Fsp3) is 0.462. The fourth-order valence-electron chi connectivity index (χ4n) is 2.74. The van der Waals surface area contributed by atoms with Gasteiger partial charge in [0.15, 0.2) is 0 Å². The number of fused-ring (bicyclic) bond motifs is 1. The van der Waals surface area contributed by atoms with Crippen molar-refractivity contribution in [1.82, 2.24) is 15.8 Å². The van der Waals surface area contributed by atoms with E-state index < -0.39 is 0 Å². The zero-order valence-electron chi connectivity index (χ0n) is 9.73. The largest absolute Gasteiger partial charge is 0.356 e. The molecule has 3 rings (SSSR count). The minimum atomic E-state index is 0.118. The molecule has 2 saturated heterocycles. The van der Waals surface area contributed by atoms with Gasteiger partial charge >= 0.3 is 0 Å². The van der Waals surface area contributed by atoms with E-state index >= 15 is 0 Å². The summed E-state index contributed by atoms with van der Waals surface area (Å²) in [6.45, 7) is 2.44. The van der Waals surface area contributed by atoms with Crippen LogP contribution in [0.1, 0.15) is 12.0 Å². The minimum Gasteiger partial charge on any atom is -0.356 e. The van der Waals surface area contributed by atoms with E-state index in [1.165, 1.54) is 5.56 Å². The monoisotopic (exact) mass is 231 g/mol. The molecule has 2 atom stereocenters. The lowest BCUT2D eigenvalue weighted by Gasteiger charge is -2.30. The van der Waals surface area contributed by atoms with E-state index in [0.717, 1.165) is 26.1 Å². The molecule has 2 unspecified atom stereocenters. The average Bonchev–Trinajstić information content (AvgIpc) is 2.76. The zero-order valence-corrected chi connectivity index (χ0v) is 9.73. The molecule has 1 aromatic carbocycles. The first-order valence-electron chi connectivity index (χ1n) is 6.16. The second-order valence-electron chi connectivity index (χ2n) is 4.73. The molecule has 0 spiro atoms. The Morgan fingerprint density at radius 1 is 1.29 bits per heavy atom. The maximum absolute atomic E-state index is 11.7. The number of nitrogens with zero attached hydrogens (tertiary/aromatic N) is 1. The molecule has 2 aliphatic rings. The summed E-state index contributed by atoms with van der Waals surface area (Å²) in [6.07, 6.45) is 1.04. The standard InChI is InChI=1S/C13H17N3O/c17-13-11-8-15-16(12(11)6-7-14-13)9-10-4-2-1-3-5-10/h1-5,11-12,15H,6-9H2,(H,14,17). The molecule has 0 aliphatic carbocycles. The van der Waals surface area contributed by atoms with Crippen LogP contribution in [-0.4, -0.2) is 30.0 Å². The Hall–Kier alpha value is -1.39. The van der Waals surface area contributed by atoms with Crippen LogP contribution in [0.15, 0.2) is 30.3 Å². The van der Waals surface area contributed by atoms with Crippen molar-refractivity contribution in [2.45, 2.75) is 19.0 Å². The first-order valence-corrected chi connectivity index (χ1v) is 6.16. The van der Waals surface area contributed by atoms with Crippen LogP contribution < -0.4 is 10.7 Å². The van der Waals surface area contributed by atoms with E-state index in [1.807, 2.05) is 6.07 Å². The van der Waals surface area contributed by atoms with Crippen molar-refractivity contribution < 1.29 is 4.79 Å². The van der Waals surface area contributed by atoms with Crippen LogP contribution in [0, 0.1) is 5.92 Å². The molecular formula is C13H17N3O. The predicted octanol–water partition coefficient (Wildman–Crippen LogP) is 0.512. The molecule has 0 aromatic heterocycles. The Morgan fingerprint density at radius 3 is 2.94 bits per heavy atom. The van der Waals surface area contributed by atoms with E-state index in [4.69, 9.17) is 0 Å². The number of piperidine rings is 1. The molecule has 0 bridgehead atoms. The SMILES string of the molecule is O=C1NCCC2C1CNN2Cc1ccccc1. The molecular weight excluding hydrogens is 214 g/mol. The van der Waals surface area contributed by atoms with Gasteiger partial charge in [-0.1, -0.05) is 30.3 Å². The molecule has 1 aromatic rings. The number of amides is 1. The highest BCUT2D eigenvalue weighted by Crippen LogP contribution is 2.24. The molecule has 4 nitrogen and oxygen atoms in total. The maximum atomic E-state index is 11.7. The number of nitrogens with one attached hydrogen (secondary N) is 2. The molecule has 90 valence electrons. The third kappa shape index (κ3) is 2.06.